The van der Waals surface area contributed by atoms with Crippen LogP contribution in [-0.2, 0) is 17.0 Å². The third-order valence-electron chi connectivity index (χ3n) is 3.15. The molecule has 0 radical (unpaired) electrons. The predicted octanol–water partition coefficient (Wildman–Crippen LogP) is 1.34. The minimum atomic E-state index is -0.197. The maximum absolute atomic E-state index is 11.8. The van der Waals surface area contributed by atoms with Crippen LogP contribution in [0.2, 0.25) is 0 Å². The molecule has 2 aromatic rings. The van der Waals surface area contributed by atoms with Gasteiger partial charge in [0, 0.05) is 12.7 Å². The van der Waals surface area contributed by atoms with Crippen LogP contribution in [-0.4, -0.2) is 32.6 Å². The van der Waals surface area contributed by atoms with Gasteiger partial charge in [-0.2, -0.15) is 0 Å². The first-order valence-corrected chi connectivity index (χ1v) is 7.53. The number of aromatic amines is 1. The standard InChI is InChI=1S/C12H16N4O3S/c1-8-5-10(19-15-8)7-20-12-14-13-11(17)16(12)6-9-3-2-4-18-9/h5,9H,2-4,6-7H2,1H3,(H,13,17). The molecule has 0 spiro atoms. The quantitative estimate of drug-likeness (QED) is 0.838. The SMILES string of the molecule is Cc1cc(CSc2n[nH]c(=O)n2CC2CCCO2)on1. The lowest BCUT2D eigenvalue weighted by Crippen LogP contribution is -2.24. The van der Waals surface area contributed by atoms with E-state index in [9.17, 15) is 4.79 Å². The van der Waals surface area contributed by atoms with Gasteiger partial charge in [-0.25, -0.2) is 9.89 Å². The largest absolute Gasteiger partial charge is 0.376 e. The van der Waals surface area contributed by atoms with Crippen molar-refractivity contribution in [3.63, 3.8) is 0 Å². The molecule has 7 nitrogen and oxygen atoms in total. The second-order valence-electron chi connectivity index (χ2n) is 4.78. The molecule has 1 unspecified atom stereocenters. The van der Waals surface area contributed by atoms with Gasteiger partial charge in [0.1, 0.15) is 5.76 Å². The Morgan fingerprint density at radius 2 is 2.50 bits per heavy atom. The Labute approximate surface area is 119 Å². The van der Waals surface area contributed by atoms with Crippen LogP contribution in [0.5, 0.6) is 0 Å². The first-order valence-electron chi connectivity index (χ1n) is 6.54. The number of hydrogen-bond donors (Lipinski definition) is 1. The summed E-state index contributed by atoms with van der Waals surface area (Å²) in [5.74, 6) is 1.36. The lowest BCUT2D eigenvalue weighted by molar-refractivity contribution is 0.0941. The second kappa shape index (κ2) is 5.84. The van der Waals surface area contributed by atoms with Crippen LogP contribution < -0.4 is 5.69 Å². The smallest absolute Gasteiger partial charge is 0.344 e. The average Bonchev–Trinajstić information content (AvgIpc) is 3.13. The van der Waals surface area contributed by atoms with E-state index in [0.29, 0.717) is 17.5 Å². The van der Waals surface area contributed by atoms with Crippen LogP contribution in [0, 0.1) is 6.92 Å². The Hall–Kier alpha value is -1.54. The number of ether oxygens (including phenoxy) is 1. The Kier molecular flexibility index (Phi) is 3.93. The van der Waals surface area contributed by atoms with E-state index in [1.807, 2.05) is 13.0 Å². The zero-order valence-corrected chi connectivity index (χ0v) is 12.0. The van der Waals surface area contributed by atoms with E-state index < -0.39 is 0 Å². The highest BCUT2D eigenvalue weighted by molar-refractivity contribution is 7.98. The van der Waals surface area contributed by atoms with Gasteiger partial charge in [0.15, 0.2) is 5.16 Å². The number of nitrogens with one attached hydrogen (secondary N) is 1. The van der Waals surface area contributed by atoms with E-state index in [-0.39, 0.29) is 11.8 Å². The highest BCUT2D eigenvalue weighted by atomic mass is 32.2. The van der Waals surface area contributed by atoms with Crippen molar-refractivity contribution in [1.82, 2.24) is 19.9 Å². The molecule has 3 heterocycles. The van der Waals surface area contributed by atoms with Crippen molar-refractivity contribution in [3.05, 3.63) is 28.0 Å². The topological polar surface area (TPSA) is 85.9 Å². The molecular weight excluding hydrogens is 280 g/mol. The Bertz CT molecular complexity index is 627. The van der Waals surface area contributed by atoms with Crippen molar-refractivity contribution < 1.29 is 9.26 Å². The second-order valence-corrected chi connectivity index (χ2v) is 5.72. The molecule has 1 fully saturated rings. The lowest BCUT2D eigenvalue weighted by atomic mass is 10.2. The number of aromatic nitrogens is 4. The Balaban J connectivity index is 1.68. The van der Waals surface area contributed by atoms with Gasteiger partial charge in [0.2, 0.25) is 0 Å². The van der Waals surface area contributed by atoms with Crippen molar-refractivity contribution in [1.29, 1.82) is 0 Å². The van der Waals surface area contributed by atoms with Crippen molar-refractivity contribution in [3.8, 4) is 0 Å². The summed E-state index contributed by atoms with van der Waals surface area (Å²) >= 11 is 1.45. The van der Waals surface area contributed by atoms with Gasteiger partial charge in [-0.05, 0) is 19.8 Å². The Morgan fingerprint density at radius 1 is 1.60 bits per heavy atom. The number of nitrogens with zero attached hydrogens (tertiary/aromatic N) is 3. The van der Waals surface area contributed by atoms with E-state index in [0.717, 1.165) is 30.9 Å². The third-order valence-corrected chi connectivity index (χ3v) is 4.15. The zero-order chi connectivity index (χ0) is 13.9. The predicted molar refractivity (Wildman–Crippen MR) is 72.6 cm³/mol. The van der Waals surface area contributed by atoms with Crippen molar-refractivity contribution in [2.45, 2.75) is 43.3 Å². The summed E-state index contributed by atoms with van der Waals surface area (Å²) in [4.78, 5) is 11.8. The van der Waals surface area contributed by atoms with Crippen LogP contribution in [0.15, 0.2) is 20.5 Å². The van der Waals surface area contributed by atoms with E-state index >= 15 is 0 Å². The van der Waals surface area contributed by atoms with E-state index in [1.165, 1.54) is 11.8 Å². The third kappa shape index (κ3) is 2.96. The van der Waals surface area contributed by atoms with Crippen LogP contribution in [0.3, 0.4) is 0 Å². The molecule has 0 aromatic carbocycles. The molecule has 0 bridgehead atoms. The number of hydrogen-bond acceptors (Lipinski definition) is 6. The fourth-order valence-electron chi connectivity index (χ4n) is 2.19. The summed E-state index contributed by atoms with van der Waals surface area (Å²) in [6.07, 6.45) is 2.15. The van der Waals surface area contributed by atoms with Crippen LogP contribution in [0.1, 0.15) is 24.3 Å². The van der Waals surface area contributed by atoms with Crippen molar-refractivity contribution >= 4 is 11.8 Å². The summed E-state index contributed by atoms with van der Waals surface area (Å²) in [5, 5.41) is 11.0. The average molecular weight is 296 g/mol. The van der Waals surface area contributed by atoms with Crippen LogP contribution in [0.25, 0.3) is 0 Å². The molecule has 3 rings (SSSR count). The van der Waals surface area contributed by atoms with Gasteiger partial charge in [-0.3, -0.25) is 4.57 Å². The zero-order valence-electron chi connectivity index (χ0n) is 11.2. The van der Waals surface area contributed by atoms with Crippen molar-refractivity contribution in [2.24, 2.45) is 0 Å². The van der Waals surface area contributed by atoms with Gasteiger partial charge in [0.25, 0.3) is 0 Å². The Morgan fingerprint density at radius 3 is 3.20 bits per heavy atom. The molecule has 8 heteroatoms. The maximum Gasteiger partial charge on any atom is 0.344 e. The molecule has 0 amide bonds. The molecule has 0 saturated carbocycles. The van der Waals surface area contributed by atoms with Crippen LogP contribution in [0.4, 0.5) is 0 Å². The number of thioether (sulfide) groups is 1. The summed E-state index contributed by atoms with van der Waals surface area (Å²) in [6.45, 7) is 3.20. The molecular formula is C12H16N4O3S. The normalized spacial score (nSPS) is 18.8. The van der Waals surface area contributed by atoms with Gasteiger partial charge in [-0.1, -0.05) is 16.9 Å². The molecule has 1 saturated heterocycles. The molecule has 1 aliphatic heterocycles. The fourth-order valence-corrected chi connectivity index (χ4v) is 3.02. The molecule has 1 aliphatic rings. The van der Waals surface area contributed by atoms with Gasteiger partial charge < -0.3 is 9.26 Å². The van der Waals surface area contributed by atoms with Crippen LogP contribution >= 0.6 is 11.8 Å². The maximum atomic E-state index is 11.8. The number of H-pyrrole nitrogens is 1. The summed E-state index contributed by atoms with van der Waals surface area (Å²) < 4.78 is 12.3. The molecule has 0 aliphatic carbocycles. The van der Waals surface area contributed by atoms with Gasteiger partial charge in [-0.15, -0.1) is 5.10 Å². The van der Waals surface area contributed by atoms with E-state index in [1.54, 1.807) is 4.57 Å². The highest BCUT2D eigenvalue weighted by Gasteiger charge is 2.19. The molecule has 108 valence electrons. The summed E-state index contributed by atoms with van der Waals surface area (Å²) in [5.41, 5.74) is 0.649. The lowest BCUT2D eigenvalue weighted by Gasteiger charge is -2.10. The van der Waals surface area contributed by atoms with Gasteiger partial charge in [0.05, 0.1) is 24.1 Å². The number of rotatable bonds is 5. The minimum Gasteiger partial charge on any atom is -0.376 e. The highest BCUT2D eigenvalue weighted by Crippen LogP contribution is 2.21. The first kappa shape index (κ1) is 13.4. The molecule has 1 atom stereocenters. The molecule has 20 heavy (non-hydrogen) atoms. The summed E-state index contributed by atoms with van der Waals surface area (Å²) in [6, 6.07) is 1.88. The summed E-state index contributed by atoms with van der Waals surface area (Å²) in [7, 11) is 0. The van der Waals surface area contributed by atoms with Crippen molar-refractivity contribution in [2.75, 3.05) is 6.61 Å². The molecule has 1 N–H and O–H groups in total. The monoisotopic (exact) mass is 296 g/mol. The molecule has 2 aromatic heterocycles. The van der Waals surface area contributed by atoms with Gasteiger partial charge >= 0.3 is 5.69 Å². The van der Waals surface area contributed by atoms with E-state index in [4.69, 9.17) is 9.26 Å². The first-order chi connectivity index (χ1) is 9.72. The number of aryl methyl sites for hydroxylation is 1. The fraction of sp³-hybridized carbons (Fsp3) is 0.583. The minimum absolute atomic E-state index is 0.108. The van der Waals surface area contributed by atoms with E-state index in [2.05, 4.69) is 15.4 Å².